The van der Waals surface area contributed by atoms with E-state index < -0.39 is 0 Å². The van der Waals surface area contributed by atoms with Gasteiger partial charge in [0.25, 0.3) is 0 Å². The number of hydrogen-bond acceptors (Lipinski definition) is 3. The normalized spacial score (nSPS) is 27.3. The molecular formula is C10H17N3O2. The van der Waals surface area contributed by atoms with Crippen molar-refractivity contribution in [1.82, 2.24) is 15.5 Å². The number of nitrogens with zero attached hydrogens (tertiary/aromatic N) is 1. The van der Waals surface area contributed by atoms with Gasteiger partial charge in [-0.2, -0.15) is 0 Å². The fourth-order valence-electron chi connectivity index (χ4n) is 2.09. The smallest absolute Gasteiger partial charge is 0.227 e. The molecule has 0 spiro atoms. The van der Waals surface area contributed by atoms with Crippen molar-refractivity contribution >= 4 is 11.8 Å². The van der Waals surface area contributed by atoms with Crippen molar-refractivity contribution in [3.8, 4) is 0 Å². The maximum atomic E-state index is 12.0. The minimum Gasteiger partial charge on any atom is -0.355 e. The van der Waals surface area contributed by atoms with Gasteiger partial charge < -0.3 is 15.5 Å². The SMILES string of the molecule is O=C1CCC(C(=O)N2CCNCC2)CN1. The van der Waals surface area contributed by atoms with Crippen LogP contribution in [0.5, 0.6) is 0 Å². The molecule has 5 heteroatoms. The molecule has 15 heavy (non-hydrogen) atoms. The second-order valence-corrected chi connectivity index (χ2v) is 4.11. The summed E-state index contributed by atoms with van der Waals surface area (Å²) in [5.74, 6) is 0.275. The Morgan fingerprint density at radius 2 is 2.07 bits per heavy atom. The standard InChI is InChI=1S/C10H17N3O2/c14-9-2-1-8(7-12-9)10(15)13-5-3-11-4-6-13/h8,11H,1-7H2,(H,12,14). The van der Waals surface area contributed by atoms with Crippen molar-refractivity contribution in [2.45, 2.75) is 12.8 Å². The molecule has 1 atom stereocenters. The molecule has 0 aromatic carbocycles. The average Bonchev–Trinajstić information content (AvgIpc) is 2.30. The highest BCUT2D eigenvalue weighted by Gasteiger charge is 2.28. The molecule has 5 nitrogen and oxygen atoms in total. The van der Waals surface area contributed by atoms with E-state index in [1.54, 1.807) is 0 Å². The Kier molecular flexibility index (Phi) is 3.20. The number of piperazine rings is 1. The van der Waals surface area contributed by atoms with Crippen LogP contribution in [0.4, 0.5) is 0 Å². The molecular weight excluding hydrogens is 194 g/mol. The molecule has 2 fully saturated rings. The number of piperidine rings is 1. The van der Waals surface area contributed by atoms with Crippen molar-refractivity contribution in [1.29, 1.82) is 0 Å². The van der Waals surface area contributed by atoms with Crippen molar-refractivity contribution in [3.05, 3.63) is 0 Å². The highest BCUT2D eigenvalue weighted by molar-refractivity contribution is 5.83. The Morgan fingerprint density at radius 3 is 2.67 bits per heavy atom. The number of nitrogens with one attached hydrogen (secondary N) is 2. The van der Waals surface area contributed by atoms with Gasteiger partial charge in [-0.25, -0.2) is 0 Å². The zero-order valence-corrected chi connectivity index (χ0v) is 8.79. The van der Waals surface area contributed by atoms with E-state index in [1.807, 2.05) is 4.90 Å². The van der Waals surface area contributed by atoms with Gasteiger partial charge in [-0.1, -0.05) is 0 Å². The molecule has 2 rings (SSSR count). The fraction of sp³-hybridized carbons (Fsp3) is 0.800. The summed E-state index contributed by atoms with van der Waals surface area (Å²) in [6.07, 6.45) is 1.19. The van der Waals surface area contributed by atoms with Crippen molar-refractivity contribution in [3.63, 3.8) is 0 Å². The van der Waals surface area contributed by atoms with Crippen molar-refractivity contribution in [2.24, 2.45) is 5.92 Å². The van der Waals surface area contributed by atoms with Crippen LogP contribution in [0.15, 0.2) is 0 Å². The van der Waals surface area contributed by atoms with Crippen molar-refractivity contribution < 1.29 is 9.59 Å². The van der Waals surface area contributed by atoms with E-state index in [1.165, 1.54) is 0 Å². The zero-order chi connectivity index (χ0) is 10.7. The van der Waals surface area contributed by atoms with Crippen LogP contribution in [0.3, 0.4) is 0 Å². The number of hydrogen-bond donors (Lipinski definition) is 2. The molecule has 2 amide bonds. The molecule has 0 radical (unpaired) electrons. The quantitative estimate of drug-likeness (QED) is 0.581. The van der Waals surface area contributed by atoms with E-state index in [2.05, 4.69) is 10.6 Å². The summed E-state index contributed by atoms with van der Waals surface area (Å²) >= 11 is 0. The van der Waals surface area contributed by atoms with Gasteiger partial charge >= 0.3 is 0 Å². The summed E-state index contributed by atoms with van der Waals surface area (Å²) in [5, 5.41) is 5.97. The van der Waals surface area contributed by atoms with Crippen LogP contribution < -0.4 is 10.6 Å². The molecule has 2 heterocycles. The summed E-state index contributed by atoms with van der Waals surface area (Å²) < 4.78 is 0. The largest absolute Gasteiger partial charge is 0.355 e. The first kappa shape index (κ1) is 10.4. The second-order valence-electron chi connectivity index (χ2n) is 4.11. The van der Waals surface area contributed by atoms with Gasteiger partial charge in [0.2, 0.25) is 11.8 Å². The molecule has 0 aliphatic carbocycles. The molecule has 0 aromatic heterocycles. The highest BCUT2D eigenvalue weighted by Crippen LogP contribution is 2.14. The Hall–Kier alpha value is -1.10. The van der Waals surface area contributed by atoms with E-state index >= 15 is 0 Å². The topological polar surface area (TPSA) is 61.4 Å². The van der Waals surface area contributed by atoms with Crippen LogP contribution in [-0.2, 0) is 9.59 Å². The Bertz CT molecular complexity index is 251. The molecule has 2 N–H and O–H groups in total. The number of rotatable bonds is 1. The van der Waals surface area contributed by atoms with Gasteiger partial charge in [0.15, 0.2) is 0 Å². The van der Waals surface area contributed by atoms with Gasteiger partial charge in [-0.05, 0) is 6.42 Å². The maximum Gasteiger partial charge on any atom is 0.227 e. The monoisotopic (exact) mass is 211 g/mol. The van der Waals surface area contributed by atoms with E-state index in [4.69, 9.17) is 0 Å². The first-order chi connectivity index (χ1) is 7.27. The van der Waals surface area contributed by atoms with Crippen molar-refractivity contribution in [2.75, 3.05) is 32.7 Å². The molecule has 2 aliphatic heterocycles. The van der Waals surface area contributed by atoms with Gasteiger partial charge in [-0.15, -0.1) is 0 Å². The maximum absolute atomic E-state index is 12.0. The molecule has 1 unspecified atom stereocenters. The van der Waals surface area contributed by atoms with Crippen LogP contribution in [0, 0.1) is 5.92 Å². The predicted octanol–water partition coefficient (Wildman–Crippen LogP) is -1.06. The third-order valence-corrected chi connectivity index (χ3v) is 3.04. The Labute approximate surface area is 89.2 Å². The summed E-state index contributed by atoms with van der Waals surface area (Å²) in [4.78, 5) is 24.9. The van der Waals surface area contributed by atoms with E-state index in [-0.39, 0.29) is 17.7 Å². The molecule has 84 valence electrons. The Morgan fingerprint density at radius 1 is 1.33 bits per heavy atom. The third kappa shape index (κ3) is 2.47. The third-order valence-electron chi connectivity index (χ3n) is 3.04. The predicted molar refractivity (Wildman–Crippen MR) is 55.2 cm³/mol. The van der Waals surface area contributed by atoms with E-state index in [0.29, 0.717) is 19.4 Å². The molecule has 0 aromatic rings. The van der Waals surface area contributed by atoms with Gasteiger partial charge in [0, 0.05) is 39.1 Å². The first-order valence-corrected chi connectivity index (χ1v) is 5.53. The van der Waals surface area contributed by atoms with Crippen LogP contribution in [0.1, 0.15) is 12.8 Å². The lowest BCUT2D eigenvalue weighted by atomic mass is 9.97. The Balaban J connectivity index is 1.86. The highest BCUT2D eigenvalue weighted by atomic mass is 16.2. The van der Waals surface area contributed by atoms with Gasteiger partial charge in [0.05, 0.1) is 5.92 Å². The molecule has 0 bridgehead atoms. The number of carbonyl (C=O) groups is 2. The summed E-state index contributed by atoms with van der Waals surface area (Å²) in [6.45, 7) is 3.86. The summed E-state index contributed by atoms with van der Waals surface area (Å²) in [5.41, 5.74) is 0. The summed E-state index contributed by atoms with van der Waals surface area (Å²) in [6, 6.07) is 0. The van der Waals surface area contributed by atoms with E-state index in [0.717, 1.165) is 26.2 Å². The van der Waals surface area contributed by atoms with Crippen LogP contribution in [0.25, 0.3) is 0 Å². The lowest BCUT2D eigenvalue weighted by molar-refractivity contribution is -0.138. The number of amides is 2. The second kappa shape index (κ2) is 4.61. The lowest BCUT2D eigenvalue weighted by Gasteiger charge is -2.32. The van der Waals surface area contributed by atoms with E-state index in [9.17, 15) is 9.59 Å². The lowest BCUT2D eigenvalue weighted by Crippen LogP contribution is -2.51. The minimum atomic E-state index is 0.000741. The summed E-state index contributed by atoms with van der Waals surface area (Å²) in [7, 11) is 0. The first-order valence-electron chi connectivity index (χ1n) is 5.53. The van der Waals surface area contributed by atoms with Crippen LogP contribution in [0.2, 0.25) is 0 Å². The van der Waals surface area contributed by atoms with Gasteiger partial charge in [-0.3, -0.25) is 9.59 Å². The van der Waals surface area contributed by atoms with Crippen LogP contribution in [-0.4, -0.2) is 49.4 Å². The number of carbonyl (C=O) groups excluding carboxylic acids is 2. The zero-order valence-electron chi connectivity index (χ0n) is 8.79. The molecule has 2 aliphatic rings. The average molecular weight is 211 g/mol. The van der Waals surface area contributed by atoms with Crippen LogP contribution >= 0.6 is 0 Å². The molecule has 0 saturated carbocycles. The molecule has 2 saturated heterocycles. The fourth-order valence-corrected chi connectivity index (χ4v) is 2.09. The van der Waals surface area contributed by atoms with Gasteiger partial charge in [0.1, 0.15) is 0 Å². The minimum absolute atomic E-state index is 0.000741.